The van der Waals surface area contributed by atoms with Crippen LogP contribution in [0.3, 0.4) is 0 Å². The minimum atomic E-state index is -0.453. The van der Waals surface area contributed by atoms with Crippen molar-refractivity contribution >= 4 is 35.0 Å². The van der Waals surface area contributed by atoms with Gasteiger partial charge < -0.3 is 14.2 Å². The van der Waals surface area contributed by atoms with Crippen LogP contribution in [0.15, 0.2) is 36.4 Å². The van der Waals surface area contributed by atoms with Crippen molar-refractivity contribution in [1.29, 1.82) is 0 Å². The largest absolute Gasteiger partial charge is 0.492 e. The van der Waals surface area contributed by atoms with Gasteiger partial charge in [0.05, 0.1) is 11.6 Å². The van der Waals surface area contributed by atoms with E-state index < -0.39 is 5.91 Å². The van der Waals surface area contributed by atoms with E-state index >= 15 is 0 Å². The zero-order chi connectivity index (χ0) is 19.2. The SMILES string of the molecule is O=C(CCCOc1ccc(Cl)cc1Cl)NNC(=O)c1ccc2c(c1)OCO2. The molecule has 0 bridgehead atoms. The fraction of sp³-hybridized carbons (Fsp3) is 0.222. The molecule has 9 heteroatoms. The molecule has 27 heavy (non-hydrogen) atoms. The topological polar surface area (TPSA) is 85.9 Å². The standard InChI is InChI=1S/C18H16Cl2N2O5/c19-12-4-6-14(13(20)9-12)25-7-1-2-17(23)21-22-18(24)11-3-5-15-16(8-11)27-10-26-15/h3-6,8-9H,1-2,7,10H2,(H,21,23)(H,22,24). The number of ether oxygens (including phenoxy) is 3. The molecule has 0 unspecified atom stereocenters. The van der Waals surface area contributed by atoms with E-state index in [9.17, 15) is 9.59 Å². The lowest BCUT2D eigenvalue weighted by Crippen LogP contribution is -2.41. The Hall–Kier alpha value is -2.64. The van der Waals surface area contributed by atoms with Gasteiger partial charge >= 0.3 is 0 Å². The quantitative estimate of drug-likeness (QED) is 0.563. The highest BCUT2D eigenvalue weighted by atomic mass is 35.5. The molecule has 0 saturated carbocycles. The van der Waals surface area contributed by atoms with Crippen molar-refractivity contribution in [3.63, 3.8) is 0 Å². The number of hydrogen-bond acceptors (Lipinski definition) is 5. The van der Waals surface area contributed by atoms with E-state index in [1.165, 1.54) is 0 Å². The van der Waals surface area contributed by atoms with E-state index in [1.807, 2.05) is 0 Å². The van der Waals surface area contributed by atoms with Crippen molar-refractivity contribution < 1.29 is 23.8 Å². The Morgan fingerprint density at radius 2 is 1.85 bits per heavy atom. The molecule has 0 fully saturated rings. The van der Waals surface area contributed by atoms with E-state index in [2.05, 4.69) is 10.9 Å². The molecule has 0 atom stereocenters. The van der Waals surface area contributed by atoms with Crippen LogP contribution in [0, 0.1) is 0 Å². The van der Waals surface area contributed by atoms with Crippen molar-refractivity contribution in [2.45, 2.75) is 12.8 Å². The van der Waals surface area contributed by atoms with Crippen molar-refractivity contribution in [2.24, 2.45) is 0 Å². The highest BCUT2D eigenvalue weighted by Crippen LogP contribution is 2.32. The molecule has 0 radical (unpaired) electrons. The number of benzene rings is 2. The minimum absolute atomic E-state index is 0.125. The first kappa shape index (κ1) is 19.1. The van der Waals surface area contributed by atoms with Gasteiger partial charge in [-0.2, -0.15) is 0 Å². The smallest absolute Gasteiger partial charge is 0.269 e. The summed E-state index contributed by atoms with van der Waals surface area (Å²) >= 11 is 11.8. The van der Waals surface area contributed by atoms with Crippen LogP contribution >= 0.6 is 23.2 Å². The van der Waals surface area contributed by atoms with Crippen LogP contribution in [0.25, 0.3) is 0 Å². The summed E-state index contributed by atoms with van der Waals surface area (Å²) in [6.07, 6.45) is 0.622. The van der Waals surface area contributed by atoms with Crippen LogP contribution in [-0.4, -0.2) is 25.2 Å². The highest BCUT2D eigenvalue weighted by molar-refractivity contribution is 6.35. The Balaban J connectivity index is 1.37. The van der Waals surface area contributed by atoms with Gasteiger partial charge in [-0.25, -0.2) is 0 Å². The van der Waals surface area contributed by atoms with Crippen LogP contribution in [0.1, 0.15) is 23.2 Å². The number of carbonyl (C=O) groups is 2. The summed E-state index contributed by atoms with van der Waals surface area (Å²) in [7, 11) is 0. The molecule has 2 N–H and O–H groups in total. The summed E-state index contributed by atoms with van der Waals surface area (Å²) in [5.41, 5.74) is 5.06. The second kappa shape index (κ2) is 8.83. The maximum atomic E-state index is 12.1. The Morgan fingerprint density at radius 3 is 2.67 bits per heavy atom. The zero-order valence-corrected chi connectivity index (χ0v) is 15.6. The normalized spacial score (nSPS) is 11.8. The molecule has 2 amide bonds. The fourth-order valence-electron chi connectivity index (χ4n) is 2.31. The van der Waals surface area contributed by atoms with Crippen molar-refractivity contribution in [2.75, 3.05) is 13.4 Å². The number of rotatable bonds is 6. The number of halogens is 2. The van der Waals surface area contributed by atoms with Gasteiger partial charge in [-0.05, 0) is 42.8 Å². The van der Waals surface area contributed by atoms with Gasteiger partial charge in [-0.3, -0.25) is 20.4 Å². The molecule has 7 nitrogen and oxygen atoms in total. The second-order valence-corrected chi connectivity index (χ2v) is 6.44. The minimum Gasteiger partial charge on any atom is -0.492 e. The molecule has 0 aliphatic carbocycles. The van der Waals surface area contributed by atoms with Crippen molar-refractivity contribution in [3.05, 3.63) is 52.0 Å². The molecule has 2 aromatic carbocycles. The Labute approximate surface area is 165 Å². The van der Waals surface area contributed by atoms with Crippen molar-refractivity contribution in [1.82, 2.24) is 10.9 Å². The van der Waals surface area contributed by atoms with Gasteiger partial charge in [0.1, 0.15) is 5.75 Å². The molecule has 3 rings (SSSR count). The monoisotopic (exact) mass is 410 g/mol. The lowest BCUT2D eigenvalue weighted by atomic mass is 10.2. The molecule has 1 heterocycles. The summed E-state index contributed by atoms with van der Waals surface area (Å²) in [5.74, 6) is 0.779. The van der Waals surface area contributed by atoms with E-state index in [0.29, 0.717) is 45.9 Å². The Bertz CT molecular complexity index is 860. The molecule has 0 spiro atoms. The Kier molecular flexibility index (Phi) is 6.26. The van der Waals surface area contributed by atoms with Gasteiger partial charge in [0, 0.05) is 17.0 Å². The molecule has 2 aromatic rings. The zero-order valence-electron chi connectivity index (χ0n) is 14.1. The molecule has 1 aliphatic heterocycles. The predicted octanol–water partition coefficient (Wildman–Crippen LogP) is 3.34. The van der Waals surface area contributed by atoms with E-state index in [4.69, 9.17) is 37.4 Å². The maximum absolute atomic E-state index is 12.1. The third kappa shape index (κ3) is 5.18. The van der Waals surface area contributed by atoms with E-state index in [-0.39, 0.29) is 19.1 Å². The first-order valence-corrected chi connectivity index (χ1v) is 8.85. The summed E-state index contributed by atoms with van der Waals surface area (Å²) in [6.45, 7) is 0.422. The number of nitrogens with one attached hydrogen (secondary N) is 2. The van der Waals surface area contributed by atoms with Gasteiger partial charge in [-0.1, -0.05) is 23.2 Å². The van der Waals surface area contributed by atoms with Crippen LogP contribution in [-0.2, 0) is 4.79 Å². The third-order valence-electron chi connectivity index (χ3n) is 3.65. The van der Waals surface area contributed by atoms with Gasteiger partial charge in [0.2, 0.25) is 12.7 Å². The average molecular weight is 411 g/mol. The number of hydrazine groups is 1. The molecule has 142 valence electrons. The fourth-order valence-corrected chi connectivity index (χ4v) is 2.77. The van der Waals surface area contributed by atoms with Crippen LogP contribution in [0.5, 0.6) is 17.2 Å². The molecule has 1 aliphatic rings. The van der Waals surface area contributed by atoms with E-state index in [0.717, 1.165) is 0 Å². The first-order chi connectivity index (χ1) is 13.0. The first-order valence-electron chi connectivity index (χ1n) is 8.09. The number of carbonyl (C=O) groups excluding carboxylic acids is 2. The molecule has 0 saturated heterocycles. The van der Waals surface area contributed by atoms with Crippen LogP contribution in [0.2, 0.25) is 10.0 Å². The second-order valence-electron chi connectivity index (χ2n) is 5.60. The lowest BCUT2D eigenvalue weighted by Gasteiger charge is -2.09. The predicted molar refractivity (Wildman–Crippen MR) is 99.4 cm³/mol. The summed E-state index contributed by atoms with van der Waals surface area (Å²) < 4.78 is 15.9. The maximum Gasteiger partial charge on any atom is 0.269 e. The molecular formula is C18H16Cl2N2O5. The van der Waals surface area contributed by atoms with Crippen LogP contribution in [0.4, 0.5) is 0 Å². The number of hydrogen-bond donors (Lipinski definition) is 2. The van der Waals surface area contributed by atoms with Gasteiger partial charge in [0.15, 0.2) is 11.5 Å². The Morgan fingerprint density at radius 1 is 1.04 bits per heavy atom. The average Bonchev–Trinajstić information content (AvgIpc) is 3.12. The molecular weight excluding hydrogens is 395 g/mol. The third-order valence-corrected chi connectivity index (χ3v) is 4.18. The highest BCUT2D eigenvalue weighted by Gasteiger charge is 2.16. The van der Waals surface area contributed by atoms with Gasteiger partial charge in [-0.15, -0.1) is 0 Å². The summed E-state index contributed by atoms with van der Waals surface area (Å²) in [4.78, 5) is 23.9. The van der Waals surface area contributed by atoms with Crippen molar-refractivity contribution in [3.8, 4) is 17.2 Å². The molecule has 0 aromatic heterocycles. The summed E-state index contributed by atoms with van der Waals surface area (Å²) in [6, 6.07) is 9.68. The van der Waals surface area contributed by atoms with Gasteiger partial charge in [0.25, 0.3) is 5.91 Å². The summed E-state index contributed by atoms with van der Waals surface area (Å²) in [5, 5.41) is 0.924. The van der Waals surface area contributed by atoms with E-state index in [1.54, 1.807) is 36.4 Å². The number of amides is 2. The lowest BCUT2D eigenvalue weighted by molar-refractivity contribution is -0.122. The van der Waals surface area contributed by atoms with Crippen LogP contribution < -0.4 is 25.1 Å². The number of fused-ring (bicyclic) bond motifs is 1.